The fraction of sp³-hybridized carbons (Fsp3) is 0.800. The quantitative estimate of drug-likeness (QED) is 0.606. The Labute approximate surface area is 69.6 Å². The van der Waals surface area contributed by atoms with Crippen molar-refractivity contribution in [2.75, 3.05) is 0 Å². The first kappa shape index (κ1) is 8.62. The average Bonchev–Trinajstić information content (AvgIpc) is 1.96. The lowest BCUT2D eigenvalue weighted by Crippen LogP contribution is -2.44. The monoisotopic (exact) mass is 151 g/mol. The molecule has 1 rings (SSSR count). The molecule has 0 aromatic heterocycles. The third kappa shape index (κ3) is 2.24. The van der Waals surface area contributed by atoms with Crippen molar-refractivity contribution in [2.45, 2.75) is 45.2 Å². The topological polar surface area (TPSA) is 12.0 Å². The summed E-state index contributed by atoms with van der Waals surface area (Å²) in [5.41, 5.74) is 0. The molecule has 0 heterocycles. The minimum atomic E-state index is 0.299. The Morgan fingerprint density at radius 2 is 2.27 bits per heavy atom. The van der Waals surface area contributed by atoms with Gasteiger partial charge in [-0.3, -0.25) is 0 Å². The van der Waals surface area contributed by atoms with Crippen LogP contribution in [-0.4, -0.2) is 12.1 Å². The van der Waals surface area contributed by atoms with Gasteiger partial charge >= 0.3 is 0 Å². The van der Waals surface area contributed by atoms with E-state index in [2.05, 4.69) is 25.1 Å². The molecule has 0 amide bonds. The van der Waals surface area contributed by atoms with Crippen LogP contribution in [0.4, 0.5) is 0 Å². The van der Waals surface area contributed by atoms with E-state index in [0.29, 0.717) is 12.1 Å². The molecule has 0 spiro atoms. The summed E-state index contributed by atoms with van der Waals surface area (Å²) in [6.07, 6.45) is 8.98. The smallest absolute Gasteiger partial charge is 0.0686 e. The van der Waals surface area contributed by atoms with Crippen molar-refractivity contribution in [3.8, 4) is 12.3 Å². The van der Waals surface area contributed by atoms with Crippen LogP contribution < -0.4 is 5.32 Å². The van der Waals surface area contributed by atoms with Gasteiger partial charge in [-0.15, -0.1) is 6.42 Å². The number of rotatable bonds is 3. The van der Waals surface area contributed by atoms with Gasteiger partial charge in [-0.1, -0.05) is 19.8 Å². The first-order valence-electron chi connectivity index (χ1n) is 4.48. The molecule has 0 aliphatic heterocycles. The predicted molar refractivity (Wildman–Crippen MR) is 48.2 cm³/mol. The molecule has 11 heavy (non-hydrogen) atoms. The molecule has 0 saturated heterocycles. The van der Waals surface area contributed by atoms with Gasteiger partial charge in [0.1, 0.15) is 0 Å². The third-order valence-corrected chi connectivity index (χ3v) is 2.42. The van der Waals surface area contributed by atoms with Crippen LogP contribution in [0, 0.1) is 18.3 Å². The molecule has 62 valence electrons. The average molecular weight is 151 g/mol. The van der Waals surface area contributed by atoms with Crippen molar-refractivity contribution in [1.82, 2.24) is 5.32 Å². The SMILES string of the molecule is C#CC(CC)NC1CC(C)C1. The molecule has 1 unspecified atom stereocenters. The summed E-state index contributed by atoms with van der Waals surface area (Å²) in [6, 6.07) is 0.999. The summed E-state index contributed by atoms with van der Waals surface area (Å²) in [4.78, 5) is 0. The van der Waals surface area contributed by atoms with Gasteiger partial charge in [-0.2, -0.15) is 0 Å². The standard InChI is InChI=1S/C10H17N/c1-4-9(5-2)11-10-6-8(3)7-10/h1,8-11H,5-7H2,2-3H3. The number of hydrogen-bond donors (Lipinski definition) is 1. The second-order valence-electron chi connectivity index (χ2n) is 3.57. The van der Waals surface area contributed by atoms with Crippen LogP contribution in [0.2, 0.25) is 0 Å². The van der Waals surface area contributed by atoms with Crippen molar-refractivity contribution in [1.29, 1.82) is 0 Å². The number of hydrogen-bond acceptors (Lipinski definition) is 1. The second-order valence-corrected chi connectivity index (χ2v) is 3.57. The van der Waals surface area contributed by atoms with Crippen LogP contribution >= 0.6 is 0 Å². The van der Waals surface area contributed by atoms with Crippen molar-refractivity contribution >= 4 is 0 Å². The number of terminal acetylenes is 1. The van der Waals surface area contributed by atoms with Crippen LogP contribution in [-0.2, 0) is 0 Å². The van der Waals surface area contributed by atoms with E-state index < -0.39 is 0 Å². The summed E-state index contributed by atoms with van der Waals surface area (Å²) < 4.78 is 0. The van der Waals surface area contributed by atoms with Crippen LogP contribution in [0.3, 0.4) is 0 Å². The molecule has 0 aromatic rings. The molecule has 1 N–H and O–H groups in total. The Balaban J connectivity index is 2.16. The first-order valence-corrected chi connectivity index (χ1v) is 4.48. The van der Waals surface area contributed by atoms with Gasteiger partial charge < -0.3 is 5.32 Å². The molecule has 1 nitrogen and oxygen atoms in total. The fourth-order valence-corrected chi connectivity index (χ4v) is 1.61. The molecule has 1 aliphatic carbocycles. The van der Waals surface area contributed by atoms with E-state index in [-0.39, 0.29) is 0 Å². The summed E-state index contributed by atoms with van der Waals surface area (Å²) in [5, 5.41) is 3.45. The maximum atomic E-state index is 5.33. The van der Waals surface area contributed by atoms with E-state index >= 15 is 0 Å². The zero-order chi connectivity index (χ0) is 8.27. The third-order valence-electron chi connectivity index (χ3n) is 2.42. The predicted octanol–water partition coefficient (Wildman–Crippen LogP) is 1.79. The van der Waals surface area contributed by atoms with Gasteiger partial charge in [-0.25, -0.2) is 0 Å². The van der Waals surface area contributed by atoms with E-state index in [1.807, 2.05) is 0 Å². The van der Waals surface area contributed by atoms with E-state index in [0.717, 1.165) is 12.3 Å². The van der Waals surface area contributed by atoms with E-state index in [1.165, 1.54) is 12.8 Å². The summed E-state index contributed by atoms with van der Waals surface area (Å²) in [5.74, 6) is 3.66. The molecule has 0 bridgehead atoms. The number of nitrogens with one attached hydrogen (secondary N) is 1. The van der Waals surface area contributed by atoms with Crippen molar-refractivity contribution < 1.29 is 0 Å². The van der Waals surface area contributed by atoms with E-state index in [1.54, 1.807) is 0 Å². The lowest BCUT2D eigenvalue weighted by molar-refractivity contribution is 0.232. The molecular weight excluding hydrogens is 134 g/mol. The van der Waals surface area contributed by atoms with Gasteiger partial charge in [-0.05, 0) is 25.2 Å². The summed E-state index contributed by atoms with van der Waals surface area (Å²) in [7, 11) is 0. The molecule has 0 radical (unpaired) electrons. The lowest BCUT2D eigenvalue weighted by atomic mass is 9.81. The van der Waals surface area contributed by atoms with Gasteiger partial charge in [0, 0.05) is 6.04 Å². The molecular formula is C10H17N. The normalized spacial score (nSPS) is 32.1. The second kappa shape index (κ2) is 3.78. The zero-order valence-corrected chi connectivity index (χ0v) is 7.43. The lowest BCUT2D eigenvalue weighted by Gasteiger charge is -2.35. The molecule has 1 heteroatoms. The van der Waals surface area contributed by atoms with Crippen LogP contribution in [0.15, 0.2) is 0 Å². The highest BCUT2D eigenvalue weighted by atomic mass is 15.0. The molecule has 1 fully saturated rings. The molecule has 1 saturated carbocycles. The van der Waals surface area contributed by atoms with Gasteiger partial charge in [0.15, 0.2) is 0 Å². The highest BCUT2D eigenvalue weighted by Crippen LogP contribution is 2.26. The highest BCUT2D eigenvalue weighted by molar-refractivity contribution is 5.00. The van der Waals surface area contributed by atoms with Crippen molar-refractivity contribution in [3.63, 3.8) is 0 Å². The molecule has 1 aliphatic rings. The highest BCUT2D eigenvalue weighted by Gasteiger charge is 2.25. The Morgan fingerprint density at radius 3 is 2.64 bits per heavy atom. The van der Waals surface area contributed by atoms with Gasteiger partial charge in [0.25, 0.3) is 0 Å². The minimum Gasteiger partial charge on any atom is -0.301 e. The van der Waals surface area contributed by atoms with Crippen LogP contribution in [0.1, 0.15) is 33.1 Å². The largest absolute Gasteiger partial charge is 0.301 e. The summed E-state index contributed by atoms with van der Waals surface area (Å²) in [6.45, 7) is 4.41. The maximum Gasteiger partial charge on any atom is 0.0686 e. The van der Waals surface area contributed by atoms with Gasteiger partial charge in [0.2, 0.25) is 0 Å². The Morgan fingerprint density at radius 1 is 1.64 bits per heavy atom. The molecule has 1 atom stereocenters. The van der Waals surface area contributed by atoms with Gasteiger partial charge in [0.05, 0.1) is 6.04 Å². The van der Waals surface area contributed by atoms with E-state index in [4.69, 9.17) is 6.42 Å². The van der Waals surface area contributed by atoms with Crippen LogP contribution in [0.5, 0.6) is 0 Å². The van der Waals surface area contributed by atoms with Crippen molar-refractivity contribution in [3.05, 3.63) is 0 Å². The Kier molecular flexibility index (Phi) is 2.96. The molecule has 0 aromatic carbocycles. The van der Waals surface area contributed by atoms with Crippen LogP contribution in [0.25, 0.3) is 0 Å². The Hall–Kier alpha value is -0.480. The zero-order valence-electron chi connectivity index (χ0n) is 7.43. The Bertz CT molecular complexity index is 151. The van der Waals surface area contributed by atoms with Crippen molar-refractivity contribution in [2.24, 2.45) is 5.92 Å². The maximum absolute atomic E-state index is 5.33. The summed E-state index contributed by atoms with van der Waals surface area (Å²) >= 11 is 0. The first-order chi connectivity index (χ1) is 5.26. The minimum absolute atomic E-state index is 0.299. The fourth-order valence-electron chi connectivity index (χ4n) is 1.61. The van der Waals surface area contributed by atoms with E-state index in [9.17, 15) is 0 Å².